The highest BCUT2D eigenvalue weighted by molar-refractivity contribution is 6.08. The zero-order chi connectivity index (χ0) is 42.3. The van der Waals surface area contributed by atoms with Gasteiger partial charge in [0.2, 0.25) is 0 Å². The maximum absolute atomic E-state index is 11.8. The molecule has 0 aliphatic rings. The largest absolute Gasteiger partial charge is 0.416 e. The smallest absolute Gasteiger partial charge is 0.248 e. The third-order valence-corrected chi connectivity index (χ3v) is 11.0. The van der Waals surface area contributed by atoms with Crippen molar-refractivity contribution in [3.05, 3.63) is 168 Å². The van der Waals surface area contributed by atoms with Gasteiger partial charge in [-0.3, -0.25) is 0 Å². The molecule has 308 valence electrons. The molecular formula is C55H57F3N2. The van der Waals surface area contributed by atoms with Crippen LogP contribution >= 0.6 is 0 Å². The van der Waals surface area contributed by atoms with Crippen LogP contribution in [0.4, 0.5) is 13.2 Å². The van der Waals surface area contributed by atoms with Crippen LogP contribution in [0.2, 0.25) is 0 Å². The first-order valence-corrected chi connectivity index (χ1v) is 21.7. The Hall–Kier alpha value is -5.81. The number of pyridine rings is 2. The number of fused-ring (bicyclic) bond motifs is 2. The maximum Gasteiger partial charge on any atom is 0.416 e. The summed E-state index contributed by atoms with van der Waals surface area (Å²) in [7, 11) is 0. The highest BCUT2D eigenvalue weighted by Gasteiger charge is 2.30. The van der Waals surface area contributed by atoms with Gasteiger partial charge in [0.25, 0.3) is 0 Å². The van der Waals surface area contributed by atoms with Gasteiger partial charge in [0.15, 0.2) is 0 Å². The number of rotatable bonds is 15. The number of hydrogen-bond donors (Lipinski definition) is 0. The van der Waals surface area contributed by atoms with Crippen molar-refractivity contribution in [1.82, 2.24) is 9.97 Å². The molecule has 0 spiro atoms. The van der Waals surface area contributed by atoms with Gasteiger partial charge in [-0.2, -0.15) is 13.2 Å². The Morgan fingerprint density at radius 2 is 0.917 bits per heavy atom. The van der Waals surface area contributed by atoms with Gasteiger partial charge in [0.05, 0.1) is 28.0 Å². The van der Waals surface area contributed by atoms with Gasteiger partial charge in [-0.05, 0) is 97.2 Å². The number of alkyl halides is 3. The van der Waals surface area contributed by atoms with E-state index in [2.05, 4.69) is 147 Å². The van der Waals surface area contributed by atoms with Crippen LogP contribution in [0.1, 0.15) is 90.2 Å². The topological polar surface area (TPSA) is 25.8 Å². The number of aryl methyl sites for hydroxylation is 2. The van der Waals surface area contributed by atoms with Crippen LogP contribution in [0.3, 0.4) is 0 Å². The summed E-state index contributed by atoms with van der Waals surface area (Å²) in [5.41, 5.74) is 13.2. The van der Waals surface area contributed by atoms with Crippen molar-refractivity contribution < 1.29 is 13.2 Å². The molecule has 0 atom stereocenters. The standard InChI is InChI=1S/C48H48N2.C7H9F3/c1-3-5-7-11-17-35-23-27-39(28-24-35)45-31-41(37-19-13-9-14-20-37)43-34-48-44(33-47(43)49-45)42(38-21-15-10-16-22-38)32-46(50-48)40-29-25-36(26-30-40)18-12-8-6-4-2;1-3-5-6(4-2)7(8,9)10/h9-10,13-16,19-34H,3-8,11-12,17-18H2,1-2H3;3-5H,1-2H3/b;5-3-,6-4+. The van der Waals surface area contributed by atoms with Gasteiger partial charge in [-0.15, -0.1) is 0 Å². The molecule has 0 amide bonds. The minimum absolute atomic E-state index is 0.602. The van der Waals surface area contributed by atoms with Gasteiger partial charge in [0, 0.05) is 21.9 Å². The molecule has 0 aliphatic carbocycles. The van der Waals surface area contributed by atoms with E-state index < -0.39 is 11.7 Å². The van der Waals surface area contributed by atoms with Crippen LogP contribution in [0, 0.1) is 0 Å². The normalized spacial score (nSPS) is 11.9. The predicted octanol–water partition coefficient (Wildman–Crippen LogP) is 16.8. The molecule has 2 heterocycles. The molecular weight excluding hydrogens is 746 g/mol. The number of unbranched alkanes of at least 4 members (excludes halogenated alkanes) is 6. The lowest BCUT2D eigenvalue weighted by Crippen LogP contribution is -2.09. The fraction of sp³-hybridized carbons (Fsp3) is 0.273. The van der Waals surface area contributed by atoms with Crippen LogP contribution in [-0.2, 0) is 12.8 Å². The van der Waals surface area contributed by atoms with Crippen LogP contribution in [0.15, 0.2) is 157 Å². The Morgan fingerprint density at radius 1 is 0.500 bits per heavy atom. The average molecular weight is 803 g/mol. The zero-order valence-corrected chi connectivity index (χ0v) is 35.5. The monoisotopic (exact) mass is 802 g/mol. The summed E-state index contributed by atoms with van der Waals surface area (Å²) in [4.78, 5) is 10.7. The summed E-state index contributed by atoms with van der Waals surface area (Å²) < 4.78 is 35.4. The molecule has 0 bridgehead atoms. The molecule has 7 rings (SSSR count). The van der Waals surface area contributed by atoms with E-state index in [1.165, 1.54) is 97.7 Å². The van der Waals surface area contributed by atoms with Crippen molar-refractivity contribution >= 4 is 21.8 Å². The quantitative estimate of drug-likeness (QED) is 0.0586. The summed E-state index contributed by atoms with van der Waals surface area (Å²) in [6.07, 6.45) is 11.7. The molecule has 2 aromatic heterocycles. The molecule has 5 heteroatoms. The van der Waals surface area contributed by atoms with Gasteiger partial charge >= 0.3 is 6.18 Å². The molecule has 0 fully saturated rings. The third kappa shape index (κ3) is 11.5. The van der Waals surface area contributed by atoms with E-state index in [4.69, 9.17) is 9.97 Å². The van der Waals surface area contributed by atoms with E-state index in [1.54, 1.807) is 6.92 Å². The van der Waals surface area contributed by atoms with Crippen LogP contribution < -0.4 is 0 Å². The molecule has 0 unspecified atom stereocenters. The predicted molar refractivity (Wildman–Crippen MR) is 249 cm³/mol. The third-order valence-electron chi connectivity index (χ3n) is 11.0. The van der Waals surface area contributed by atoms with E-state index in [9.17, 15) is 13.2 Å². The van der Waals surface area contributed by atoms with Gasteiger partial charge < -0.3 is 0 Å². The van der Waals surface area contributed by atoms with Gasteiger partial charge in [-0.25, -0.2) is 9.97 Å². The molecule has 2 nitrogen and oxygen atoms in total. The molecule has 0 saturated carbocycles. The minimum atomic E-state index is -4.21. The summed E-state index contributed by atoms with van der Waals surface area (Å²) in [6, 6.07) is 48.6. The van der Waals surface area contributed by atoms with Crippen molar-refractivity contribution in [3.8, 4) is 44.8 Å². The Kier molecular flexibility index (Phi) is 15.6. The van der Waals surface area contributed by atoms with Crippen molar-refractivity contribution in [1.29, 1.82) is 0 Å². The first kappa shape index (κ1) is 43.8. The Balaban J connectivity index is 0.000000537. The average Bonchev–Trinajstić information content (AvgIpc) is 3.28. The summed E-state index contributed by atoms with van der Waals surface area (Å²) >= 11 is 0. The molecule has 0 radical (unpaired) electrons. The number of halogens is 3. The lowest BCUT2D eigenvalue weighted by molar-refractivity contribution is -0.0883. The van der Waals surface area contributed by atoms with E-state index in [0.29, 0.717) is 0 Å². The fourth-order valence-electron chi connectivity index (χ4n) is 7.69. The maximum atomic E-state index is 11.8. The second-order valence-corrected chi connectivity index (χ2v) is 15.5. The Bertz CT molecular complexity index is 2320. The molecule has 0 N–H and O–H groups in total. The first-order chi connectivity index (χ1) is 29.2. The lowest BCUT2D eigenvalue weighted by atomic mass is 9.93. The van der Waals surface area contributed by atoms with Crippen LogP contribution in [-0.4, -0.2) is 16.1 Å². The number of aromatic nitrogens is 2. The lowest BCUT2D eigenvalue weighted by Gasteiger charge is -2.15. The highest BCUT2D eigenvalue weighted by atomic mass is 19.4. The fourth-order valence-corrected chi connectivity index (χ4v) is 7.69. The number of nitrogens with zero attached hydrogens (tertiary/aromatic N) is 2. The van der Waals surface area contributed by atoms with Gasteiger partial charge in [0.1, 0.15) is 0 Å². The van der Waals surface area contributed by atoms with E-state index >= 15 is 0 Å². The van der Waals surface area contributed by atoms with Crippen molar-refractivity contribution in [2.75, 3.05) is 0 Å². The first-order valence-electron chi connectivity index (χ1n) is 21.7. The van der Waals surface area contributed by atoms with Crippen molar-refractivity contribution in [2.24, 2.45) is 0 Å². The second kappa shape index (κ2) is 21.4. The minimum Gasteiger partial charge on any atom is -0.248 e. The summed E-state index contributed by atoms with van der Waals surface area (Å²) in [5.74, 6) is 0. The Morgan fingerprint density at radius 3 is 1.25 bits per heavy atom. The summed E-state index contributed by atoms with van der Waals surface area (Å²) in [5, 5.41) is 2.23. The highest BCUT2D eigenvalue weighted by Crippen LogP contribution is 2.38. The molecule has 0 aliphatic heterocycles. The summed E-state index contributed by atoms with van der Waals surface area (Å²) in [6.45, 7) is 7.45. The Labute approximate surface area is 355 Å². The van der Waals surface area contributed by atoms with E-state index in [-0.39, 0.29) is 0 Å². The molecule has 0 saturated heterocycles. The number of hydrogen-bond acceptors (Lipinski definition) is 2. The van der Waals surface area contributed by atoms with E-state index in [1.807, 2.05) is 0 Å². The number of allylic oxidation sites excluding steroid dienone is 4. The molecule has 5 aromatic carbocycles. The molecule has 60 heavy (non-hydrogen) atoms. The van der Waals surface area contributed by atoms with E-state index in [0.717, 1.165) is 69.3 Å². The second-order valence-electron chi connectivity index (χ2n) is 15.5. The number of benzene rings is 5. The van der Waals surface area contributed by atoms with Crippen molar-refractivity contribution in [2.45, 2.75) is 98.1 Å². The van der Waals surface area contributed by atoms with Crippen molar-refractivity contribution in [3.63, 3.8) is 0 Å². The molecule has 7 aromatic rings. The van der Waals surface area contributed by atoms with Crippen LogP contribution in [0.25, 0.3) is 66.6 Å². The van der Waals surface area contributed by atoms with Crippen LogP contribution in [0.5, 0.6) is 0 Å². The SMILES string of the molecule is C/C=C\C(=C/C)C(F)(F)F.CCCCCCc1ccc(-c2cc(-c3ccccc3)c3cc4nc(-c5ccc(CCCCCC)cc5)cc(-c5ccccc5)c4cc3n2)cc1. The zero-order valence-electron chi connectivity index (χ0n) is 35.5. The van der Waals surface area contributed by atoms with Gasteiger partial charge in [-0.1, -0.05) is 180 Å².